The van der Waals surface area contributed by atoms with Gasteiger partial charge in [-0.2, -0.15) is 0 Å². The number of carbonyl (C=O) groups is 4. The van der Waals surface area contributed by atoms with Crippen molar-refractivity contribution in [2.45, 2.75) is 25.7 Å². The van der Waals surface area contributed by atoms with Crippen LogP contribution in [0.1, 0.15) is 25.7 Å². The van der Waals surface area contributed by atoms with E-state index >= 15 is 0 Å². The van der Waals surface area contributed by atoms with Crippen molar-refractivity contribution in [1.82, 2.24) is 10.2 Å². The number of hydrogen-bond donors (Lipinski definition) is 1. The van der Waals surface area contributed by atoms with E-state index in [0.29, 0.717) is 12.8 Å². The van der Waals surface area contributed by atoms with E-state index in [0.717, 1.165) is 17.7 Å². The number of rotatable bonds is 4. The van der Waals surface area contributed by atoms with Gasteiger partial charge in [0.2, 0.25) is 11.8 Å². The average molecular weight is 282 g/mol. The quantitative estimate of drug-likeness (QED) is 0.551. The van der Waals surface area contributed by atoms with E-state index in [4.69, 9.17) is 4.74 Å². The summed E-state index contributed by atoms with van der Waals surface area (Å²) in [5.74, 6) is -2.29. The first-order valence-electron chi connectivity index (χ1n) is 6.76. The summed E-state index contributed by atoms with van der Waals surface area (Å²) >= 11 is 0. The SMILES string of the molecule is CNC(=O)COC(=O)CN1C(=O)[C@@H]2CCCC[C@H]2C1=O. The topological polar surface area (TPSA) is 92.8 Å². The van der Waals surface area contributed by atoms with Gasteiger partial charge in [0.15, 0.2) is 6.61 Å². The Kier molecular flexibility index (Phi) is 4.36. The van der Waals surface area contributed by atoms with Crippen molar-refractivity contribution in [3.05, 3.63) is 0 Å². The number of likely N-dealkylation sites (N-methyl/N-ethyl adjacent to an activating group) is 1. The van der Waals surface area contributed by atoms with Gasteiger partial charge in [0.05, 0.1) is 11.8 Å². The van der Waals surface area contributed by atoms with Crippen molar-refractivity contribution in [3.8, 4) is 0 Å². The van der Waals surface area contributed by atoms with Gasteiger partial charge in [0.1, 0.15) is 6.54 Å². The van der Waals surface area contributed by atoms with E-state index in [9.17, 15) is 19.2 Å². The minimum absolute atomic E-state index is 0.275. The minimum atomic E-state index is -0.742. The summed E-state index contributed by atoms with van der Waals surface area (Å²) < 4.78 is 4.71. The van der Waals surface area contributed by atoms with Crippen LogP contribution < -0.4 is 5.32 Å². The van der Waals surface area contributed by atoms with Gasteiger partial charge in [-0.25, -0.2) is 0 Å². The number of imide groups is 1. The molecule has 0 spiro atoms. The molecule has 110 valence electrons. The minimum Gasteiger partial charge on any atom is -0.454 e. The summed E-state index contributed by atoms with van der Waals surface area (Å²) in [7, 11) is 1.42. The number of hydrogen-bond acceptors (Lipinski definition) is 5. The second-order valence-electron chi connectivity index (χ2n) is 5.09. The van der Waals surface area contributed by atoms with Crippen molar-refractivity contribution >= 4 is 23.7 Å². The van der Waals surface area contributed by atoms with Crippen LogP contribution in [0, 0.1) is 11.8 Å². The van der Waals surface area contributed by atoms with Crippen LogP contribution in [0.2, 0.25) is 0 Å². The van der Waals surface area contributed by atoms with E-state index in [1.54, 1.807) is 0 Å². The highest BCUT2D eigenvalue weighted by Crippen LogP contribution is 2.37. The monoisotopic (exact) mass is 282 g/mol. The molecule has 0 aromatic rings. The number of esters is 1. The molecule has 0 aromatic heterocycles. The third-order valence-corrected chi connectivity index (χ3v) is 3.86. The molecule has 7 heteroatoms. The maximum Gasteiger partial charge on any atom is 0.326 e. The molecule has 1 N–H and O–H groups in total. The molecular formula is C13H18N2O5. The van der Waals surface area contributed by atoms with Crippen LogP contribution in [0.3, 0.4) is 0 Å². The third kappa shape index (κ3) is 2.81. The van der Waals surface area contributed by atoms with Crippen LogP contribution >= 0.6 is 0 Å². The van der Waals surface area contributed by atoms with Gasteiger partial charge in [-0.3, -0.25) is 24.1 Å². The van der Waals surface area contributed by atoms with Gasteiger partial charge in [-0.1, -0.05) is 12.8 Å². The standard InChI is InChI=1S/C13H18N2O5/c1-14-10(16)7-20-11(17)6-15-12(18)8-4-2-3-5-9(8)13(15)19/h8-9H,2-7H2,1H3,(H,14,16)/t8-,9-/m1/s1. The zero-order valence-corrected chi connectivity index (χ0v) is 11.4. The fourth-order valence-electron chi connectivity index (χ4n) is 2.78. The highest BCUT2D eigenvalue weighted by atomic mass is 16.5. The summed E-state index contributed by atoms with van der Waals surface area (Å²) in [4.78, 5) is 47.7. The van der Waals surface area contributed by atoms with Crippen LogP contribution in [0.15, 0.2) is 0 Å². The fourth-order valence-corrected chi connectivity index (χ4v) is 2.78. The molecule has 0 aromatic carbocycles. The molecule has 1 aliphatic heterocycles. The van der Waals surface area contributed by atoms with Crippen LogP contribution in [-0.4, -0.2) is 48.8 Å². The zero-order valence-electron chi connectivity index (χ0n) is 11.4. The van der Waals surface area contributed by atoms with E-state index < -0.39 is 25.0 Å². The molecule has 2 atom stereocenters. The number of nitrogens with one attached hydrogen (secondary N) is 1. The second-order valence-corrected chi connectivity index (χ2v) is 5.09. The van der Waals surface area contributed by atoms with Crippen molar-refractivity contribution in [2.24, 2.45) is 11.8 Å². The van der Waals surface area contributed by atoms with Crippen molar-refractivity contribution in [2.75, 3.05) is 20.2 Å². The van der Waals surface area contributed by atoms with Gasteiger partial charge in [-0.05, 0) is 12.8 Å². The van der Waals surface area contributed by atoms with Crippen molar-refractivity contribution in [1.29, 1.82) is 0 Å². The molecule has 0 unspecified atom stereocenters. The van der Waals surface area contributed by atoms with Crippen LogP contribution in [0.25, 0.3) is 0 Å². The maximum atomic E-state index is 12.1. The van der Waals surface area contributed by atoms with Gasteiger partial charge in [0.25, 0.3) is 5.91 Å². The number of nitrogens with zero attached hydrogens (tertiary/aromatic N) is 1. The molecule has 0 bridgehead atoms. The number of likely N-dealkylation sites (tertiary alicyclic amines) is 1. The summed E-state index contributed by atoms with van der Waals surface area (Å²) in [5.41, 5.74) is 0. The number of fused-ring (bicyclic) bond motifs is 1. The predicted molar refractivity (Wildman–Crippen MR) is 67.2 cm³/mol. The first-order chi connectivity index (χ1) is 9.54. The lowest BCUT2D eigenvalue weighted by Crippen LogP contribution is -2.37. The summed E-state index contributed by atoms with van der Waals surface area (Å²) in [5, 5.41) is 2.31. The normalized spacial score (nSPS) is 25.4. The third-order valence-electron chi connectivity index (χ3n) is 3.86. The Balaban J connectivity index is 1.92. The molecule has 0 radical (unpaired) electrons. The second kappa shape index (κ2) is 6.02. The molecule has 2 rings (SSSR count). The van der Waals surface area contributed by atoms with Gasteiger partial charge in [-0.15, -0.1) is 0 Å². The predicted octanol–water partition coefficient (Wildman–Crippen LogP) is -0.549. The number of amides is 3. The lowest BCUT2D eigenvalue weighted by molar-refractivity contribution is -0.154. The summed E-state index contributed by atoms with van der Waals surface area (Å²) in [6.45, 7) is -0.805. The summed E-state index contributed by atoms with van der Waals surface area (Å²) in [6, 6.07) is 0. The molecular weight excluding hydrogens is 264 g/mol. The van der Waals surface area contributed by atoms with E-state index in [1.165, 1.54) is 7.05 Å². The van der Waals surface area contributed by atoms with E-state index in [2.05, 4.69) is 5.32 Å². The molecule has 20 heavy (non-hydrogen) atoms. The maximum absolute atomic E-state index is 12.1. The van der Waals surface area contributed by atoms with Crippen LogP contribution in [0.4, 0.5) is 0 Å². The number of carbonyl (C=O) groups excluding carboxylic acids is 4. The lowest BCUT2D eigenvalue weighted by atomic mass is 9.81. The molecule has 7 nitrogen and oxygen atoms in total. The molecule has 1 saturated heterocycles. The molecule has 2 fully saturated rings. The van der Waals surface area contributed by atoms with Gasteiger partial charge >= 0.3 is 5.97 Å². The molecule has 3 amide bonds. The average Bonchev–Trinajstić information content (AvgIpc) is 2.70. The Hall–Kier alpha value is -1.92. The van der Waals surface area contributed by atoms with Crippen molar-refractivity contribution in [3.63, 3.8) is 0 Å². The molecule has 2 aliphatic rings. The highest BCUT2D eigenvalue weighted by Gasteiger charge is 2.48. The Morgan fingerprint density at radius 2 is 1.75 bits per heavy atom. The van der Waals surface area contributed by atoms with E-state index in [-0.39, 0.29) is 23.7 Å². The van der Waals surface area contributed by atoms with Crippen LogP contribution in [-0.2, 0) is 23.9 Å². The highest BCUT2D eigenvalue weighted by molar-refractivity contribution is 6.07. The first kappa shape index (κ1) is 14.5. The zero-order chi connectivity index (χ0) is 14.7. The molecule has 1 heterocycles. The molecule has 1 saturated carbocycles. The first-order valence-corrected chi connectivity index (χ1v) is 6.76. The largest absolute Gasteiger partial charge is 0.454 e. The fraction of sp³-hybridized carbons (Fsp3) is 0.692. The smallest absolute Gasteiger partial charge is 0.326 e. The Morgan fingerprint density at radius 1 is 1.20 bits per heavy atom. The lowest BCUT2D eigenvalue weighted by Gasteiger charge is -2.19. The van der Waals surface area contributed by atoms with E-state index in [1.807, 2.05) is 0 Å². The molecule has 1 aliphatic carbocycles. The van der Waals surface area contributed by atoms with Crippen molar-refractivity contribution < 1.29 is 23.9 Å². The van der Waals surface area contributed by atoms with Gasteiger partial charge < -0.3 is 10.1 Å². The Labute approximate surface area is 116 Å². The Morgan fingerprint density at radius 3 is 2.25 bits per heavy atom. The van der Waals surface area contributed by atoms with Crippen LogP contribution in [0.5, 0.6) is 0 Å². The van der Waals surface area contributed by atoms with Gasteiger partial charge in [0, 0.05) is 7.05 Å². The summed E-state index contributed by atoms with van der Waals surface area (Å²) in [6.07, 6.45) is 3.29. The number of ether oxygens (including phenoxy) is 1. The Bertz CT molecular complexity index is 424.